The van der Waals surface area contributed by atoms with Gasteiger partial charge in [-0.2, -0.15) is 0 Å². The standard InChI is InChI=1S/C18H23N5/c1-3-4-9-20-18-13(2)10-17-21-12-16(23(17)22-18)15-8-6-5-7-14(15)11-19/h5-8,10,12H,3-4,9,11,19H2,1-2H3,(H,20,22). The zero-order chi connectivity index (χ0) is 16.2. The first-order valence-electron chi connectivity index (χ1n) is 8.12. The van der Waals surface area contributed by atoms with Gasteiger partial charge in [0.1, 0.15) is 5.82 Å². The minimum absolute atomic E-state index is 0.497. The number of benzene rings is 1. The highest BCUT2D eigenvalue weighted by Gasteiger charge is 2.12. The number of hydrogen-bond acceptors (Lipinski definition) is 4. The zero-order valence-corrected chi connectivity index (χ0v) is 13.7. The molecular weight excluding hydrogens is 286 g/mol. The zero-order valence-electron chi connectivity index (χ0n) is 13.7. The molecule has 0 radical (unpaired) electrons. The van der Waals surface area contributed by atoms with E-state index in [0.29, 0.717) is 6.54 Å². The lowest BCUT2D eigenvalue weighted by Crippen LogP contribution is -2.08. The molecule has 3 rings (SSSR count). The number of anilines is 1. The van der Waals surface area contributed by atoms with Crippen LogP contribution in [0.1, 0.15) is 30.9 Å². The van der Waals surface area contributed by atoms with Crippen LogP contribution in [0.25, 0.3) is 16.9 Å². The predicted molar refractivity (Wildman–Crippen MR) is 94.4 cm³/mol. The Morgan fingerprint density at radius 3 is 2.87 bits per heavy atom. The van der Waals surface area contributed by atoms with Crippen molar-refractivity contribution >= 4 is 11.5 Å². The Bertz CT molecular complexity index is 806. The maximum atomic E-state index is 5.87. The van der Waals surface area contributed by atoms with Crippen LogP contribution in [0, 0.1) is 6.92 Å². The van der Waals surface area contributed by atoms with E-state index in [1.165, 1.54) is 0 Å². The Hall–Kier alpha value is -2.40. The van der Waals surface area contributed by atoms with Crippen molar-refractivity contribution in [1.82, 2.24) is 14.6 Å². The third kappa shape index (κ3) is 3.05. The van der Waals surface area contributed by atoms with Crippen LogP contribution < -0.4 is 11.1 Å². The van der Waals surface area contributed by atoms with Gasteiger partial charge in [-0.25, -0.2) is 9.50 Å². The molecule has 0 atom stereocenters. The number of nitrogens with zero attached hydrogens (tertiary/aromatic N) is 3. The van der Waals surface area contributed by atoms with E-state index in [0.717, 1.165) is 53.2 Å². The Labute approximate surface area is 136 Å². The van der Waals surface area contributed by atoms with E-state index in [1.807, 2.05) is 28.9 Å². The summed E-state index contributed by atoms with van der Waals surface area (Å²) in [7, 11) is 0. The van der Waals surface area contributed by atoms with Gasteiger partial charge in [-0.05, 0) is 30.5 Å². The molecule has 0 saturated carbocycles. The molecule has 23 heavy (non-hydrogen) atoms. The van der Waals surface area contributed by atoms with Gasteiger partial charge < -0.3 is 11.1 Å². The highest BCUT2D eigenvalue weighted by molar-refractivity contribution is 5.67. The van der Waals surface area contributed by atoms with Gasteiger partial charge in [-0.3, -0.25) is 0 Å². The van der Waals surface area contributed by atoms with Gasteiger partial charge in [0.15, 0.2) is 5.65 Å². The normalized spacial score (nSPS) is 11.1. The van der Waals surface area contributed by atoms with Gasteiger partial charge in [0.25, 0.3) is 0 Å². The molecule has 2 aromatic heterocycles. The van der Waals surface area contributed by atoms with E-state index < -0.39 is 0 Å². The molecule has 120 valence electrons. The van der Waals surface area contributed by atoms with Crippen molar-refractivity contribution in [2.75, 3.05) is 11.9 Å². The minimum atomic E-state index is 0.497. The molecule has 1 aromatic carbocycles. The van der Waals surface area contributed by atoms with Crippen molar-refractivity contribution in [2.24, 2.45) is 5.73 Å². The minimum Gasteiger partial charge on any atom is -0.368 e. The molecular formula is C18H23N5. The highest BCUT2D eigenvalue weighted by Crippen LogP contribution is 2.25. The summed E-state index contributed by atoms with van der Waals surface area (Å²) >= 11 is 0. The van der Waals surface area contributed by atoms with Gasteiger partial charge in [0, 0.05) is 18.7 Å². The molecule has 0 aliphatic rings. The van der Waals surface area contributed by atoms with Gasteiger partial charge in [0.2, 0.25) is 0 Å². The van der Waals surface area contributed by atoms with Gasteiger partial charge >= 0.3 is 0 Å². The van der Waals surface area contributed by atoms with Crippen molar-refractivity contribution in [2.45, 2.75) is 33.2 Å². The number of fused-ring (bicyclic) bond motifs is 1. The molecule has 0 saturated heterocycles. The second-order valence-electron chi connectivity index (χ2n) is 5.73. The third-order valence-corrected chi connectivity index (χ3v) is 4.02. The molecule has 0 unspecified atom stereocenters. The summed E-state index contributed by atoms with van der Waals surface area (Å²) in [5, 5.41) is 8.18. The van der Waals surface area contributed by atoms with E-state index in [9.17, 15) is 0 Å². The monoisotopic (exact) mass is 309 g/mol. The molecule has 0 bridgehead atoms. The van der Waals surface area contributed by atoms with Crippen LogP contribution in [0.2, 0.25) is 0 Å². The number of nitrogens with two attached hydrogens (primary N) is 1. The van der Waals surface area contributed by atoms with Crippen LogP contribution in [0.4, 0.5) is 5.82 Å². The molecule has 2 heterocycles. The van der Waals surface area contributed by atoms with Crippen molar-refractivity contribution in [3.63, 3.8) is 0 Å². The number of unbranched alkanes of at least 4 members (excludes halogenated alkanes) is 1. The third-order valence-electron chi connectivity index (χ3n) is 4.02. The summed E-state index contributed by atoms with van der Waals surface area (Å²) < 4.78 is 1.90. The lowest BCUT2D eigenvalue weighted by Gasteiger charge is -2.11. The van der Waals surface area contributed by atoms with Gasteiger partial charge in [-0.1, -0.05) is 37.6 Å². The number of hydrogen-bond donors (Lipinski definition) is 2. The number of aromatic nitrogens is 3. The summed E-state index contributed by atoms with van der Waals surface area (Å²) in [5.74, 6) is 0.912. The van der Waals surface area contributed by atoms with Crippen molar-refractivity contribution < 1.29 is 0 Å². The molecule has 0 aliphatic heterocycles. The van der Waals surface area contributed by atoms with E-state index in [1.54, 1.807) is 0 Å². The highest BCUT2D eigenvalue weighted by atomic mass is 15.3. The predicted octanol–water partition coefficient (Wildman–Crippen LogP) is 3.38. The Morgan fingerprint density at radius 2 is 2.09 bits per heavy atom. The van der Waals surface area contributed by atoms with Gasteiger partial charge in [0.05, 0.1) is 11.9 Å². The fourth-order valence-electron chi connectivity index (χ4n) is 2.69. The Balaban J connectivity index is 2.06. The lowest BCUT2D eigenvalue weighted by molar-refractivity contribution is 0.821. The summed E-state index contributed by atoms with van der Waals surface area (Å²) in [6, 6.07) is 10.2. The number of aryl methyl sites for hydroxylation is 1. The van der Waals surface area contributed by atoms with Crippen LogP contribution in [-0.2, 0) is 6.54 Å². The summed E-state index contributed by atoms with van der Waals surface area (Å²) in [6.07, 6.45) is 4.16. The first-order valence-corrected chi connectivity index (χ1v) is 8.12. The van der Waals surface area contributed by atoms with E-state index in [2.05, 4.69) is 36.3 Å². The summed E-state index contributed by atoms with van der Waals surface area (Å²) in [6.45, 7) is 5.67. The summed E-state index contributed by atoms with van der Waals surface area (Å²) in [5.41, 5.74) is 11.0. The van der Waals surface area contributed by atoms with Crippen LogP contribution in [0.15, 0.2) is 36.5 Å². The molecule has 5 nitrogen and oxygen atoms in total. The molecule has 0 aliphatic carbocycles. The van der Waals surface area contributed by atoms with E-state index >= 15 is 0 Å². The topological polar surface area (TPSA) is 68.2 Å². The molecule has 0 fully saturated rings. The molecule has 0 amide bonds. The van der Waals surface area contributed by atoms with Crippen molar-refractivity contribution in [3.8, 4) is 11.3 Å². The van der Waals surface area contributed by atoms with Crippen molar-refractivity contribution in [1.29, 1.82) is 0 Å². The number of nitrogens with one attached hydrogen (secondary N) is 1. The van der Waals surface area contributed by atoms with E-state index in [-0.39, 0.29) is 0 Å². The fourth-order valence-corrected chi connectivity index (χ4v) is 2.69. The van der Waals surface area contributed by atoms with Crippen LogP contribution in [0.5, 0.6) is 0 Å². The second kappa shape index (κ2) is 6.79. The molecule has 3 N–H and O–H groups in total. The second-order valence-corrected chi connectivity index (χ2v) is 5.73. The maximum absolute atomic E-state index is 5.87. The van der Waals surface area contributed by atoms with Crippen LogP contribution >= 0.6 is 0 Å². The number of imidazole rings is 1. The SMILES string of the molecule is CCCCNc1nn2c(-c3ccccc3CN)cnc2cc1C. The average molecular weight is 309 g/mol. The smallest absolute Gasteiger partial charge is 0.154 e. The Kier molecular flexibility index (Phi) is 4.57. The van der Waals surface area contributed by atoms with E-state index in [4.69, 9.17) is 10.8 Å². The molecule has 5 heteroatoms. The van der Waals surface area contributed by atoms with Crippen LogP contribution in [-0.4, -0.2) is 21.1 Å². The fraction of sp³-hybridized carbons (Fsp3) is 0.333. The average Bonchev–Trinajstić information content (AvgIpc) is 2.97. The lowest BCUT2D eigenvalue weighted by atomic mass is 10.1. The quantitative estimate of drug-likeness (QED) is 0.685. The number of rotatable bonds is 6. The van der Waals surface area contributed by atoms with Crippen LogP contribution in [0.3, 0.4) is 0 Å². The first-order chi connectivity index (χ1) is 11.2. The van der Waals surface area contributed by atoms with Crippen molar-refractivity contribution in [3.05, 3.63) is 47.7 Å². The maximum Gasteiger partial charge on any atom is 0.154 e. The van der Waals surface area contributed by atoms with Gasteiger partial charge in [-0.15, -0.1) is 5.10 Å². The largest absolute Gasteiger partial charge is 0.368 e. The molecule has 0 spiro atoms. The Morgan fingerprint density at radius 1 is 1.26 bits per heavy atom. The summed E-state index contributed by atoms with van der Waals surface area (Å²) in [4.78, 5) is 4.50. The first kappa shape index (κ1) is 15.5. The molecule has 3 aromatic rings.